The van der Waals surface area contributed by atoms with Crippen LogP contribution in [0.5, 0.6) is 0 Å². The van der Waals surface area contributed by atoms with Crippen LogP contribution in [0.4, 0.5) is 8.78 Å². The van der Waals surface area contributed by atoms with Crippen LogP contribution in [0.2, 0.25) is 0 Å². The summed E-state index contributed by atoms with van der Waals surface area (Å²) in [6, 6.07) is 9.73. The first-order valence-corrected chi connectivity index (χ1v) is 10.6. The molecule has 1 saturated carbocycles. The van der Waals surface area contributed by atoms with Gasteiger partial charge in [0, 0.05) is 31.7 Å². The van der Waals surface area contributed by atoms with E-state index in [1.165, 1.54) is 0 Å². The van der Waals surface area contributed by atoms with Crippen LogP contribution in [0.1, 0.15) is 47.2 Å². The lowest BCUT2D eigenvalue weighted by molar-refractivity contribution is 0.0192. The number of likely N-dealkylation sites (tertiary alicyclic amines) is 1. The Morgan fingerprint density at radius 1 is 1.03 bits per heavy atom. The molecule has 154 valence electrons. The van der Waals surface area contributed by atoms with Crippen molar-refractivity contribution in [3.63, 3.8) is 0 Å². The fourth-order valence-electron chi connectivity index (χ4n) is 5.29. The van der Waals surface area contributed by atoms with Crippen LogP contribution < -0.4 is 0 Å². The number of hydrogen-bond acceptors (Lipinski definition) is 3. The Bertz CT molecular complexity index is 940. The molecular weight excluding hydrogens is 374 g/mol. The highest BCUT2D eigenvalue weighted by Gasteiger charge is 2.39. The number of amides is 1. The number of aliphatic hydroxyl groups is 1. The van der Waals surface area contributed by atoms with Gasteiger partial charge in [-0.2, -0.15) is 0 Å². The molecule has 2 aromatic rings. The van der Waals surface area contributed by atoms with Crippen LogP contribution >= 0.6 is 0 Å². The summed E-state index contributed by atoms with van der Waals surface area (Å²) >= 11 is 0. The maximum Gasteiger partial charge on any atom is 0.254 e. The summed E-state index contributed by atoms with van der Waals surface area (Å²) in [5.74, 6) is -0.0360. The fourth-order valence-corrected chi connectivity index (χ4v) is 5.29. The predicted molar refractivity (Wildman–Crippen MR) is 107 cm³/mol. The van der Waals surface area contributed by atoms with E-state index in [-0.39, 0.29) is 25.0 Å². The van der Waals surface area contributed by atoms with Crippen LogP contribution in [-0.4, -0.2) is 58.4 Å². The molecule has 0 aromatic heterocycles. The first-order valence-electron chi connectivity index (χ1n) is 10.6. The Kier molecular flexibility index (Phi) is 4.79. The van der Waals surface area contributed by atoms with Crippen molar-refractivity contribution >= 4 is 16.7 Å². The van der Waals surface area contributed by atoms with Crippen LogP contribution in [0.25, 0.3) is 10.8 Å². The van der Waals surface area contributed by atoms with E-state index in [9.17, 15) is 18.7 Å². The molecule has 0 radical (unpaired) electrons. The molecule has 3 aliphatic rings. The summed E-state index contributed by atoms with van der Waals surface area (Å²) in [5, 5.41) is 12.5. The summed E-state index contributed by atoms with van der Waals surface area (Å²) in [7, 11) is 0. The summed E-state index contributed by atoms with van der Waals surface area (Å²) in [5.41, 5.74) is 2.60. The van der Waals surface area contributed by atoms with Crippen molar-refractivity contribution in [3.8, 4) is 0 Å². The molecule has 1 saturated heterocycles. The number of carbonyl (C=O) groups excluding carboxylic acids is 1. The van der Waals surface area contributed by atoms with Crippen molar-refractivity contribution in [2.24, 2.45) is 0 Å². The Morgan fingerprint density at radius 2 is 1.72 bits per heavy atom. The molecule has 1 amide bonds. The highest BCUT2D eigenvalue weighted by Crippen LogP contribution is 2.37. The molecule has 0 bridgehead atoms. The second-order valence-electron chi connectivity index (χ2n) is 8.69. The average molecular weight is 400 g/mol. The first kappa shape index (κ1) is 18.9. The van der Waals surface area contributed by atoms with E-state index in [0.717, 1.165) is 47.6 Å². The molecule has 5 rings (SSSR count). The quantitative estimate of drug-likeness (QED) is 0.856. The van der Waals surface area contributed by atoms with Crippen LogP contribution in [0.15, 0.2) is 30.3 Å². The lowest BCUT2D eigenvalue weighted by Gasteiger charge is -2.35. The minimum absolute atomic E-state index is 0.0360. The van der Waals surface area contributed by atoms with Gasteiger partial charge in [0.2, 0.25) is 0 Å². The third-order valence-electron chi connectivity index (χ3n) is 6.81. The van der Waals surface area contributed by atoms with Gasteiger partial charge in [0.05, 0.1) is 12.1 Å². The van der Waals surface area contributed by atoms with Gasteiger partial charge in [0.15, 0.2) is 0 Å². The van der Waals surface area contributed by atoms with Crippen molar-refractivity contribution in [1.29, 1.82) is 0 Å². The number of hydrogen-bond donors (Lipinski definition) is 1. The smallest absolute Gasteiger partial charge is 0.254 e. The molecule has 4 nitrogen and oxygen atoms in total. The number of alkyl halides is 2. The van der Waals surface area contributed by atoms with E-state index in [1.807, 2.05) is 35.2 Å². The standard InChI is InChI=1S/C23H26F2N2O2/c24-19-12-26(13-20(19)25)10-14-9-17-18(16-6-2-1-5-15(14)16)11-27(23(17)29)21-7-3-4-8-22(21)28/h1-2,5-6,9,19-22,28H,3-4,7-8,10-13H2. The highest BCUT2D eigenvalue weighted by atomic mass is 19.2. The number of rotatable bonds is 3. The van der Waals surface area contributed by atoms with Crippen LogP contribution in [0, 0.1) is 0 Å². The zero-order valence-corrected chi connectivity index (χ0v) is 16.4. The van der Waals surface area contributed by atoms with Gasteiger partial charge >= 0.3 is 0 Å². The second-order valence-corrected chi connectivity index (χ2v) is 8.69. The third kappa shape index (κ3) is 3.22. The predicted octanol–water partition coefficient (Wildman–Crippen LogP) is 3.59. The van der Waals surface area contributed by atoms with Gasteiger partial charge < -0.3 is 10.0 Å². The summed E-state index contributed by atoms with van der Waals surface area (Å²) in [4.78, 5) is 16.9. The van der Waals surface area contributed by atoms with Crippen molar-refractivity contribution in [1.82, 2.24) is 9.80 Å². The lowest BCUT2D eigenvalue weighted by atomic mass is 9.91. The molecule has 1 aliphatic carbocycles. The van der Waals surface area contributed by atoms with Crippen molar-refractivity contribution in [2.75, 3.05) is 13.1 Å². The second kappa shape index (κ2) is 7.33. The topological polar surface area (TPSA) is 43.8 Å². The molecule has 0 spiro atoms. The fraction of sp³-hybridized carbons (Fsp3) is 0.522. The maximum absolute atomic E-state index is 13.7. The van der Waals surface area contributed by atoms with Crippen LogP contribution in [0.3, 0.4) is 0 Å². The first-order chi connectivity index (χ1) is 14.0. The van der Waals surface area contributed by atoms with E-state index in [1.54, 1.807) is 4.90 Å². The minimum atomic E-state index is -1.44. The lowest BCUT2D eigenvalue weighted by Crippen LogP contribution is -2.45. The van der Waals surface area contributed by atoms with E-state index in [2.05, 4.69) is 0 Å². The normalized spacial score (nSPS) is 30.3. The van der Waals surface area contributed by atoms with Gasteiger partial charge in [-0.1, -0.05) is 37.1 Å². The van der Waals surface area contributed by atoms with Crippen LogP contribution in [-0.2, 0) is 13.1 Å². The third-order valence-corrected chi connectivity index (χ3v) is 6.81. The molecule has 6 heteroatoms. The number of nitrogens with zero attached hydrogens (tertiary/aromatic N) is 2. The Labute approximate surface area is 169 Å². The van der Waals surface area contributed by atoms with Gasteiger partial charge in [-0.3, -0.25) is 9.69 Å². The van der Waals surface area contributed by atoms with E-state index in [0.29, 0.717) is 18.7 Å². The largest absolute Gasteiger partial charge is 0.391 e. The summed E-state index contributed by atoms with van der Waals surface area (Å²) in [6.07, 6.45) is 0.232. The molecule has 29 heavy (non-hydrogen) atoms. The average Bonchev–Trinajstić information content (AvgIpc) is 3.21. The minimum Gasteiger partial charge on any atom is -0.391 e. The van der Waals surface area contributed by atoms with Gasteiger partial charge in [-0.25, -0.2) is 8.78 Å². The molecule has 1 N–H and O–H groups in total. The number of halogens is 2. The molecule has 4 unspecified atom stereocenters. The maximum atomic E-state index is 13.7. The van der Waals surface area contributed by atoms with Crippen molar-refractivity contribution < 1.29 is 18.7 Å². The molecule has 2 aromatic carbocycles. The van der Waals surface area contributed by atoms with E-state index < -0.39 is 18.4 Å². The molecule has 4 atom stereocenters. The van der Waals surface area contributed by atoms with Gasteiger partial charge in [0.1, 0.15) is 12.3 Å². The summed E-state index contributed by atoms with van der Waals surface area (Å²) < 4.78 is 27.3. The number of carbonyl (C=O) groups is 1. The number of fused-ring (bicyclic) bond motifs is 3. The highest BCUT2D eigenvalue weighted by molar-refractivity contribution is 6.05. The van der Waals surface area contributed by atoms with Crippen molar-refractivity contribution in [2.45, 2.75) is 63.3 Å². The number of benzene rings is 2. The Hall–Kier alpha value is -2.05. The SMILES string of the molecule is O=C1c2cc(CN3CC(F)C(F)C3)c3ccccc3c2CN1C1CCCCC1O. The molecule has 2 aliphatic heterocycles. The van der Waals surface area contributed by atoms with E-state index in [4.69, 9.17) is 0 Å². The monoisotopic (exact) mass is 400 g/mol. The Morgan fingerprint density at radius 3 is 2.45 bits per heavy atom. The van der Waals surface area contributed by atoms with E-state index >= 15 is 0 Å². The number of aliphatic hydroxyl groups excluding tert-OH is 1. The van der Waals surface area contributed by atoms with Gasteiger partial charge in [-0.05, 0) is 40.8 Å². The Balaban J connectivity index is 1.51. The molecule has 2 heterocycles. The zero-order valence-electron chi connectivity index (χ0n) is 16.4. The van der Waals surface area contributed by atoms with Crippen molar-refractivity contribution in [3.05, 3.63) is 47.0 Å². The molecular formula is C23H26F2N2O2. The molecule has 2 fully saturated rings. The van der Waals surface area contributed by atoms with Gasteiger partial charge in [-0.15, -0.1) is 0 Å². The van der Waals surface area contributed by atoms with Gasteiger partial charge in [0.25, 0.3) is 5.91 Å². The zero-order chi connectivity index (χ0) is 20.1. The summed E-state index contributed by atoms with van der Waals surface area (Å²) in [6.45, 7) is 1.11.